The molecule has 1 aliphatic carbocycles. The first-order valence-electron chi connectivity index (χ1n) is 10.7. The molecule has 0 saturated heterocycles. The molecular weight excluding hydrogens is 428 g/mol. The van der Waals surface area contributed by atoms with E-state index in [1.807, 2.05) is 42.7 Å². The molecule has 3 heterocycles. The molecule has 8 heteroatoms. The highest BCUT2D eigenvalue weighted by atomic mass is 32.2. The molecule has 3 aromatic heterocycles. The van der Waals surface area contributed by atoms with Gasteiger partial charge in [0, 0.05) is 10.9 Å². The molecular formula is C23H24N4O2S2. The van der Waals surface area contributed by atoms with Crippen molar-refractivity contribution in [3.05, 3.63) is 61.2 Å². The maximum absolute atomic E-state index is 13.4. The molecule has 0 amide bonds. The number of hydrogen-bond donors (Lipinski definition) is 1. The van der Waals surface area contributed by atoms with Crippen molar-refractivity contribution in [2.24, 2.45) is 0 Å². The van der Waals surface area contributed by atoms with Crippen molar-refractivity contribution in [1.82, 2.24) is 19.5 Å². The number of nitrogens with zero attached hydrogens (tertiary/aromatic N) is 3. The Balaban J connectivity index is 1.55. The lowest BCUT2D eigenvalue weighted by Crippen LogP contribution is -2.29. The number of thiophene rings is 1. The van der Waals surface area contributed by atoms with Crippen LogP contribution in [0.25, 0.3) is 21.1 Å². The van der Waals surface area contributed by atoms with Crippen molar-refractivity contribution >= 4 is 44.2 Å². The van der Waals surface area contributed by atoms with Gasteiger partial charge in [0.1, 0.15) is 10.7 Å². The largest absolute Gasteiger partial charge is 0.309 e. The number of benzene rings is 1. The Morgan fingerprint density at radius 2 is 1.90 bits per heavy atom. The number of nitrogens with one attached hydrogen (secondary N) is 1. The average Bonchev–Trinajstić information content (AvgIpc) is 3.07. The summed E-state index contributed by atoms with van der Waals surface area (Å²) in [5.41, 5.74) is 1.64. The number of hydrogen-bond acceptors (Lipinski definition) is 6. The maximum atomic E-state index is 13.4. The van der Waals surface area contributed by atoms with E-state index in [0.29, 0.717) is 33.0 Å². The Bertz CT molecular complexity index is 1400. The maximum Gasteiger partial charge on any atom is 0.262 e. The second-order valence-corrected chi connectivity index (χ2v) is 10.3. The number of H-pyrrole nitrogens is 1. The van der Waals surface area contributed by atoms with Crippen LogP contribution in [0.4, 0.5) is 0 Å². The van der Waals surface area contributed by atoms with Crippen LogP contribution in [0.2, 0.25) is 0 Å². The monoisotopic (exact) mass is 452 g/mol. The normalized spacial score (nSPS) is 15.2. The van der Waals surface area contributed by atoms with Crippen LogP contribution in [0.5, 0.6) is 0 Å². The van der Waals surface area contributed by atoms with Crippen molar-refractivity contribution in [2.45, 2.75) is 62.9 Å². The zero-order valence-electron chi connectivity index (χ0n) is 17.6. The zero-order valence-corrected chi connectivity index (χ0v) is 19.2. The van der Waals surface area contributed by atoms with Gasteiger partial charge in [-0.25, -0.2) is 9.97 Å². The Morgan fingerprint density at radius 3 is 2.71 bits per heavy atom. The number of para-hydroxylation sites is 1. The summed E-state index contributed by atoms with van der Waals surface area (Å²) in [6, 6.07) is 7.71. The summed E-state index contributed by atoms with van der Waals surface area (Å²) in [6.45, 7) is 3.97. The van der Waals surface area contributed by atoms with Crippen molar-refractivity contribution < 1.29 is 0 Å². The topological polar surface area (TPSA) is 80.6 Å². The van der Waals surface area contributed by atoms with Crippen molar-refractivity contribution in [2.75, 3.05) is 0 Å². The predicted molar refractivity (Wildman–Crippen MR) is 127 cm³/mol. The standard InChI is InChI=1S/C23H24N4O2S2/c1-13-14(2)31-21-19(13)20(28)25-18(26-21)12-30-23-24-17-11-7-6-10-16(17)22(29)27(23)15-8-4-3-5-9-15/h6-7,10-11,15H,3-5,8-9,12H2,1-2H3,(H,25,26,28). The summed E-state index contributed by atoms with van der Waals surface area (Å²) in [5.74, 6) is 1.07. The lowest BCUT2D eigenvalue weighted by Gasteiger charge is -2.26. The molecule has 5 rings (SSSR count). The molecule has 160 valence electrons. The van der Waals surface area contributed by atoms with E-state index in [1.54, 1.807) is 11.3 Å². The third kappa shape index (κ3) is 3.72. The molecule has 0 atom stereocenters. The van der Waals surface area contributed by atoms with Gasteiger partial charge in [-0.15, -0.1) is 11.3 Å². The number of thioether (sulfide) groups is 1. The van der Waals surface area contributed by atoms with Gasteiger partial charge in [-0.3, -0.25) is 14.2 Å². The Morgan fingerprint density at radius 1 is 1.13 bits per heavy atom. The summed E-state index contributed by atoms with van der Waals surface area (Å²) >= 11 is 3.02. The first-order valence-corrected chi connectivity index (χ1v) is 12.5. The quantitative estimate of drug-likeness (QED) is 0.344. The van der Waals surface area contributed by atoms with Gasteiger partial charge in [-0.05, 0) is 44.4 Å². The Kier molecular flexibility index (Phi) is 5.44. The van der Waals surface area contributed by atoms with Crippen LogP contribution in [0.1, 0.15) is 54.4 Å². The minimum Gasteiger partial charge on any atom is -0.309 e. The molecule has 4 aromatic rings. The number of aromatic amines is 1. The molecule has 0 aliphatic heterocycles. The predicted octanol–water partition coefficient (Wildman–Crippen LogP) is 5.11. The fourth-order valence-electron chi connectivity index (χ4n) is 4.39. The molecule has 6 nitrogen and oxygen atoms in total. The van der Waals surface area contributed by atoms with Crippen LogP contribution >= 0.6 is 23.1 Å². The highest BCUT2D eigenvalue weighted by Gasteiger charge is 2.22. The molecule has 1 fully saturated rings. The first-order chi connectivity index (χ1) is 15.0. The molecule has 1 saturated carbocycles. The second kappa shape index (κ2) is 8.24. The van der Waals surface area contributed by atoms with Gasteiger partial charge in [-0.1, -0.05) is 43.2 Å². The first kappa shape index (κ1) is 20.5. The van der Waals surface area contributed by atoms with Crippen LogP contribution in [0, 0.1) is 13.8 Å². The highest BCUT2D eigenvalue weighted by Crippen LogP contribution is 2.32. The van der Waals surface area contributed by atoms with Crippen LogP contribution in [0.3, 0.4) is 0 Å². The molecule has 0 unspecified atom stereocenters. The molecule has 1 N–H and O–H groups in total. The molecule has 0 bridgehead atoms. The van der Waals surface area contributed by atoms with E-state index in [4.69, 9.17) is 4.98 Å². The van der Waals surface area contributed by atoms with E-state index < -0.39 is 0 Å². The number of aryl methyl sites for hydroxylation is 2. The highest BCUT2D eigenvalue weighted by molar-refractivity contribution is 7.98. The number of rotatable bonds is 4. The van der Waals surface area contributed by atoms with Crippen LogP contribution in [-0.2, 0) is 5.75 Å². The fourth-order valence-corrected chi connectivity index (χ4v) is 6.37. The lowest BCUT2D eigenvalue weighted by molar-refractivity contribution is 0.326. The fraction of sp³-hybridized carbons (Fsp3) is 0.391. The summed E-state index contributed by atoms with van der Waals surface area (Å²) in [4.78, 5) is 40.3. The van der Waals surface area contributed by atoms with E-state index in [1.165, 1.54) is 18.2 Å². The number of fused-ring (bicyclic) bond motifs is 2. The van der Waals surface area contributed by atoms with E-state index in [-0.39, 0.29) is 17.2 Å². The minimum absolute atomic E-state index is 0.0291. The van der Waals surface area contributed by atoms with Gasteiger partial charge >= 0.3 is 0 Å². The summed E-state index contributed by atoms with van der Waals surface area (Å²) in [6.07, 6.45) is 5.50. The SMILES string of the molecule is Cc1sc2nc(CSc3nc4ccccc4c(=O)n3C3CCCCC3)[nH]c(=O)c2c1C. The van der Waals surface area contributed by atoms with Gasteiger partial charge in [0.25, 0.3) is 11.1 Å². The van der Waals surface area contributed by atoms with Crippen LogP contribution < -0.4 is 11.1 Å². The second-order valence-electron chi connectivity index (χ2n) is 8.14. The van der Waals surface area contributed by atoms with E-state index in [0.717, 1.165) is 41.0 Å². The minimum atomic E-state index is -0.0985. The van der Waals surface area contributed by atoms with Crippen LogP contribution in [0.15, 0.2) is 39.0 Å². The van der Waals surface area contributed by atoms with Gasteiger partial charge < -0.3 is 4.98 Å². The van der Waals surface area contributed by atoms with Crippen molar-refractivity contribution in [1.29, 1.82) is 0 Å². The summed E-state index contributed by atoms with van der Waals surface area (Å²) in [7, 11) is 0. The van der Waals surface area contributed by atoms with Gasteiger partial charge in [-0.2, -0.15) is 0 Å². The van der Waals surface area contributed by atoms with Gasteiger partial charge in [0.15, 0.2) is 5.16 Å². The molecule has 0 spiro atoms. The Labute approximate surface area is 187 Å². The van der Waals surface area contributed by atoms with Crippen LogP contribution in [-0.4, -0.2) is 19.5 Å². The van der Waals surface area contributed by atoms with Crippen molar-refractivity contribution in [3.8, 4) is 0 Å². The molecule has 1 aliphatic rings. The molecule has 1 aromatic carbocycles. The lowest BCUT2D eigenvalue weighted by atomic mass is 9.95. The summed E-state index contributed by atoms with van der Waals surface area (Å²) < 4.78 is 1.89. The zero-order chi connectivity index (χ0) is 21.5. The third-order valence-electron chi connectivity index (χ3n) is 6.14. The van der Waals surface area contributed by atoms with Crippen molar-refractivity contribution in [3.63, 3.8) is 0 Å². The van der Waals surface area contributed by atoms with Gasteiger partial charge in [0.2, 0.25) is 0 Å². The third-order valence-corrected chi connectivity index (χ3v) is 8.21. The van der Waals surface area contributed by atoms with E-state index in [2.05, 4.69) is 9.97 Å². The molecule has 0 radical (unpaired) electrons. The van der Waals surface area contributed by atoms with E-state index >= 15 is 0 Å². The Hall–Kier alpha value is -2.45. The van der Waals surface area contributed by atoms with Gasteiger partial charge in [0.05, 0.1) is 22.0 Å². The van der Waals surface area contributed by atoms with E-state index in [9.17, 15) is 9.59 Å². The average molecular weight is 453 g/mol. The number of aromatic nitrogens is 4. The molecule has 31 heavy (non-hydrogen) atoms. The smallest absolute Gasteiger partial charge is 0.262 e. The summed E-state index contributed by atoms with van der Waals surface area (Å²) in [5, 5.41) is 2.05.